The predicted molar refractivity (Wildman–Crippen MR) is 159 cm³/mol. The van der Waals surface area contributed by atoms with Crippen LogP contribution < -0.4 is 4.90 Å². The molecule has 0 amide bonds. The number of carboxylic acid groups (broad SMARTS) is 1. The molecule has 2 aliphatic rings. The Morgan fingerprint density at radius 2 is 1.92 bits per heavy atom. The van der Waals surface area contributed by atoms with Crippen LogP contribution in [0.2, 0.25) is 5.02 Å². The third-order valence-electron chi connectivity index (χ3n) is 7.77. The molecule has 202 valence electrons. The molecule has 0 bridgehead atoms. The molecule has 2 fully saturated rings. The Morgan fingerprint density at radius 3 is 2.56 bits per heavy atom. The van der Waals surface area contributed by atoms with Gasteiger partial charge in [-0.15, -0.1) is 0 Å². The average molecular weight is 543 g/mol. The van der Waals surface area contributed by atoms with Crippen LogP contribution in [0, 0.1) is 0 Å². The number of hydrogen-bond donors (Lipinski definition) is 1. The average Bonchev–Trinajstić information content (AvgIpc) is 3.69. The number of carboxylic acids is 1. The number of benzene rings is 2. The van der Waals surface area contributed by atoms with Gasteiger partial charge in [-0.3, -0.25) is 0 Å². The lowest BCUT2D eigenvalue weighted by Crippen LogP contribution is -2.30. The molecule has 1 aliphatic carbocycles. The van der Waals surface area contributed by atoms with Crippen molar-refractivity contribution in [2.75, 3.05) is 18.0 Å². The number of aromatic nitrogens is 1. The summed E-state index contributed by atoms with van der Waals surface area (Å²) in [6, 6.07) is 13.9. The van der Waals surface area contributed by atoms with Gasteiger partial charge in [0.15, 0.2) is 0 Å². The Labute approximate surface area is 235 Å². The number of rotatable bonds is 9. The predicted octanol–water partition coefficient (Wildman–Crippen LogP) is 8.55. The number of hydrogen-bond acceptors (Lipinski definition) is 4. The van der Waals surface area contributed by atoms with Gasteiger partial charge in [-0.2, -0.15) is 0 Å². The number of aliphatic carboxylic acids is 1. The summed E-state index contributed by atoms with van der Waals surface area (Å²) in [7, 11) is 0. The molecule has 1 aromatic heterocycles. The van der Waals surface area contributed by atoms with Crippen molar-refractivity contribution in [1.82, 2.24) is 5.16 Å². The first kappa shape index (κ1) is 27.0. The van der Waals surface area contributed by atoms with Crippen LogP contribution in [-0.2, 0) is 11.2 Å². The monoisotopic (exact) mass is 542 g/mol. The highest BCUT2D eigenvalue weighted by Gasteiger charge is 2.32. The zero-order valence-electron chi connectivity index (χ0n) is 22.7. The van der Waals surface area contributed by atoms with Gasteiger partial charge in [0.1, 0.15) is 11.5 Å². The fourth-order valence-corrected chi connectivity index (χ4v) is 5.71. The Bertz CT molecular complexity index is 1450. The standard InChI is InChI=1S/C33H35ClN2O3/c1-4-25(33(37)38)26-15-14-24(20-29(26)21(2)3)36-18-16-22(17-19-36)8-7-10-28-31(27-9-5-6-11-30(27)34)35-39-32(28)23-12-13-23/h4-6,8-9,11,14-15,20,23H,2,7,10,12-13,16-19H2,1,3H3,(H,37,38)/b25-4+. The van der Waals surface area contributed by atoms with Crippen molar-refractivity contribution in [1.29, 1.82) is 0 Å². The molecule has 1 saturated heterocycles. The van der Waals surface area contributed by atoms with Gasteiger partial charge in [-0.05, 0) is 81.7 Å². The molecule has 1 saturated carbocycles. The first-order chi connectivity index (χ1) is 18.9. The Hall–Kier alpha value is -3.57. The minimum Gasteiger partial charge on any atom is -0.478 e. The molecule has 0 unspecified atom stereocenters. The minimum absolute atomic E-state index is 0.304. The van der Waals surface area contributed by atoms with E-state index < -0.39 is 5.97 Å². The third kappa shape index (κ3) is 5.89. The van der Waals surface area contributed by atoms with Crippen molar-refractivity contribution in [3.63, 3.8) is 0 Å². The van der Waals surface area contributed by atoms with E-state index in [1.807, 2.05) is 43.3 Å². The van der Waals surface area contributed by atoms with E-state index in [1.54, 1.807) is 13.0 Å². The van der Waals surface area contributed by atoms with Gasteiger partial charge < -0.3 is 14.5 Å². The Morgan fingerprint density at radius 1 is 1.18 bits per heavy atom. The topological polar surface area (TPSA) is 66.6 Å². The number of halogens is 1. The van der Waals surface area contributed by atoms with Gasteiger partial charge in [0, 0.05) is 35.8 Å². The molecule has 2 heterocycles. The highest BCUT2D eigenvalue weighted by molar-refractivity contribution is 6.33. The molecular weight excluding hydrogens is 508 g/mol. The maximum atomic E-state index is 11.7. The molecule has 0 atom stereocenters. The normalized spacial score (nSPS) is 15.9. The summed E-state index contributed by atoms with van der Waals surface area (Å²) < 4.78 is 5.83. The smallest absolute Gasteiger partial charge is 0.335 e. The highest BCUT2D eigenvalue weighted by atomic mass is 35.5. The number of allylic oxidation sites excluding steroid dienone is 3. The van der Waals surface area contributed by atoms with Crippen LogP contribution in [0.5, 0.6) is 0 Å². The van der Waals surface area contributed by atoms with E-state index in [0.29, 0.717) is 22.1 Å². The van der Waals surface area contributed by atoms with Gasteiger partial charge in [0.2, 0.25) is 0 Å². The van der Waals surface area contributed by atoms with E-state index in [4.69, 9.17) is 16.1 Å². The highest BCUT2D eigenvalue weighted by Crippen LogP contribution is 2.45. The summed E-state index contributed by atoms with van der Waals surface area (Å²) in [5, 5.41) is 14.8. The SMILES string of the molecule is C=C(C)c1cc(N2CCC(=CCCc3c(-c4ccccc4Cl)noc3C3CC3)CC2)ccc1/C(=C\C)C(=O)O. The van der Waals surface area contributed by atoms with E-state index in [0.717, 1.165) is 72.6 Å². The maximum absolute atomic E-state index is 11.7. The molecule has 6 heteroatoms. The molecule has 2 aromatic carbocycles. The van der Waals surface area contributed by atoms with Crippen LogP contribution in [0.25, 0.3) is 22.4 Å². The first-order valence-electron chi connectivity index (χ1n) is 13.7. The van der Waals surface area contributed by atoms with E-state index >= 15 is 0 Å². The van der Waals surface area contributed by atoms with E-state index in [-0.39, 0.29) is 0 Å². The lowest BCUT2D eigenvalue weighted by atomic mass is 9.94. The molecule has 5 nitrogen and oxygen atoms in total. The van der Waals surface area contributed by atoms with Crippen LogP contribution in [0.3, 0.4) is 0 Å². The molecule has 1 N–H and O–H groups in total. The van der Waals surface area contributed by atoms with E-state index in [9.17, 15) is 9.90 Å². The van der Waals surface area contributed by atoms with Gasteiger partial charge in [0.25, 0.3) is 0 Å². The zero-order valence-corrected chi connectivity index (χ0v) is 23.4. The lowest BCUT2D eigenvalue weighted by Gasteiger charge is -2.31. The van der Waals surface area contributed by atoms with Crippen molar-refractivity contribution in [3.05, 3.63) is 94.2 Å². The first-order valence-corrected chi connectivity index (χ1v) is 14.1. The maximum Gasteiger partial charge on any atom is 0.335 e. The van der Waals surface area contributed by atoms with Gasteiger partial charge in [-0.1, -0.05) is 70.9 Å². The Balaban J connectivity index is 1.26. The van der Waals surface area contributed by atoms with Gasteiger partial charge in [-0.25, -0.2) is 4.79 Å². The zero-order chi connectivity index (χ0) is 27.5. The number of piperidine rings is 1. The second-order valence-electron chi connectivity index (χ2n) is 10.5. The van der Waals surface area contributed by atoms with Crippen LogP contribution >= 0.6 is 11.6 Å². The fraction of sp³-hybridized carbons (Fsp3) is 0.333. The summed E-state index contributed by atoms with van der Waals surface area (Å²) in [5.74, 6) is 0.614. The number of nitrogens with zero attached hydrogens (tertiary/aromatic N) is 2. The minimum atomic E-state index is -0.921. The summed E-state index contributed by atoms with van der Waals surface area (Å²) >= 11 is 6.50. The molecule has 39 heavy (non-hydrogen) atoms. The van der Waals surface area contributed by atoms with Gasteiger partial charge in [0.05, 0.1) is 10.6 Å². The lowest BCUT2D eigenvalue weighted by molar-refractivity contribution is -0.130. The quantitative estimate of drug-likeness (QED) is 0.217. The molecule has 3 aromatic rings. The summed E-state index contributed by atoms with van der Waals surface area (Å²) in [6.45, 7) is 9.65. The third-order valence-corrected chi connectivity index (χ3v) is 8.10. The molecule has 5 rings (SSSR count). The second kappa shape index (κ2) is 11.7. The van der Waals surface area contributed by atoms with Crippen molar-refractivity contribution in [2.45, 2.75) is 58.3 Å². The van der Waals surface area contributed by atoms with E-state index in [2.05, 4.69) is 28.8 Å². The summed E-state index contributed by atoms with van der Waals surface area (Å²) in [6.07, 6.45) is 10.2. The van der Waals surface area contributed by atoms with Crippen LogP contribution in [0.1, 0.15) is 74.3 Å². The molecular formula is C33H35ClN2O3. The van der Waals surface area contributed by atoms with Crippen molar-refractivity contribution in [3.8, 4) is 11.3 Å². The van der Waals surface area contributed by atoms with Crippen molar-refractivity contribution >= 4 is 34.4 Å². The van der Waals surface area contributed by atoms with E-state index in [1.165, 1.54) is 24.0 Å². The molecule has 0 spiro atoms. The summed E-state index contributed by atoms with van der Waals surface area (Å²) in [4.78, 5) is 14.1. The molecule has 1 aliphatic heterocycles. The molecule has 0 radical (unpaired) electrons. The van der Waals surface area contributed by atoms with Crippen LogP contribution in [-0.4, -0.2) is 29.3 Å². The van der Waals surface area contributed by atoms with Crippen LogP contribution in [0.15, 0.2) is 71.3 Å². The second-order valence-corrected chi connectivity index (χ2v) is 10.9. The van der Waals surface area contributed by atoms with Crippen molar-refractivity contribution < 1.29 is 14.4 Å². The van der Waals surface area contributed by atoms with Crippen LogP contribution in [0.4, 0.5) is 5.69 Å². The summed E-state index contributed by atoms with van der Waals surface area (Å²) in [5.41, 5.74) is 8.39. The fourth-order valence-electron chi connectivity index (χ4n) is 5.48. The number of carbonyl (C=O) groups is 1. The Kier molecular flexibility index (Phi) is 8.08. The van der Waals surface area contributed by atoms with Gasteiger partial charge >= 0.3 is 5.97 Å². The number of anilines is 1. The largest absolute Gasteiger partial charge is 0.478 e. The van der Waals surface area contributed by atoms with Crippen molar-refractivity contribution in [2.24, 2.45) is 0 Å².